The average molecular weight is 286 g/mol. The number of carbonyl (C=O) groups is 2. The maximum Gasteiger partial charge on any atom is 0.312 e. The number of hydrogen-bond donors (Lipinski definition) is 1. The van der Waals surface area contributed by atoms with Crippen molar-refractivity contribution in [3.8, 4) is 5.75 Å². The van der Waals surface area contributed by atoms with Gasteiger partial charge in [0, 0.05) is 16.9 Å². The van der Waals surface area contributed by atoms with Crippen LogP contribution in [0.15, 0.2) is 54.6 Å². The van der Waals surface area contributed by atoms with Gasteiger partial charge in [-0.3, -0.25) is 9.59 Å². The number of ether oxygens (including phenoxy) is 1. The highest BCUT2D eigenvalue weighted by atomic mass is 32.1. The van der Waals surface area contributed by atoms with Crippen LogP contribution in [-0.4, -0.2) is 17.5 Å². The van der Waals surface area contributed by atoms with E-state index in [0.29, 0.717) is 22.6 Å². The smallest absolute Gasteiger partial charge is 0.312 e. The summed E-state index contributed by atoms with van der Waals surface area (Å²) in [6, 6.07) is 15.6. The molecule has 0 saturated carbocycles. The SMILES string of the molecule is O=C(CCS)Oc1ccc(C(=O)c2ccccc2)cc1. The first-order chi connectivity index (χ1) is 9.70. The number of ketones is 1. The number of carbonyl (C=O) groups excluding carboxylic acids is 2. The molecule has 0 aromatic heterocycles. The monoisotopic (exact) mass is 286 g/mol. The molecule has 0 spiro atoms. The fraction of sp³-hybridized carbons (Fsp3) is 0.125. The first kappa shape index (κ1) is 14.3. The van der Waals surface area contributed by atoms with Crippen LogP contribution >= 0.6 is 12.6 Å². The Morgan fingerprint density at radius 3 is 2.10 bits per heavy atom. The topological polar surface area (TPSA) is 43.4 Å². The third-order valence-corrected chi connectivity index (χ3v) is 2.92. The van der Waals surface area contributed by atoms with Crippen LogP contribution in [0.2, 0.25) is 0 Å². The van der Waals surface area contributed by atoms with E-state index >= 15 is 0 Å². The summed E-state index contributed by atoms with van der Waals surface area (Å²) in [5, 5.41) is 0. The molecule has 3 nitrogen and oxygen atoms in total. The molecular weight excluding hydrogens is 272 g/mol. The Hall–Kier alpha value is -2.07. The summed E-state index contributed by atoms with van der Waals surface area (Å²) in [6.07, 6.45) is 0.258. The third-order valence-electron chi connectivity index (χ3n) is 2.70. The summed E-state index contributed by atoms with van der Waals surface area (Å²) in [5.41, 5.74) is 1.19. The fourth-order valence-electron chi connectivity index (χ4n) is 1.70. The first-order valence-electron chi connectivity index (χ1n) is 6.22. The van der Waals surface area contributed by atoms with Gasteiger partial charge >= 0.3 is 5.97 Å². The molecule has 0 aliphatic carbocycles. The van der Waals surface area contributed by atoms with E-state index in [-0.39, 0.29) is 18.2 Å². The number of rotatable bonds is 5. The maximum absolute atomic E-state index is 12.2. The third kappa shape index (κ3) is 3.71. The van der Waals surface area contributed by atoms with Gasteiger partial charge in [0.15, 0.2) is 5.78 Å². The number of hydrogen-bond acceptors (Lipinski definition) is 4. The van der Waals surface area contributed by atoms with Crippen molar-refractivity contribution in [3.05, 3.63) is 65.7 Å². The normalized spacial score (nSPS) is 10.1. The highest BCUT2D eigenvalue weighted by molar-refractivity contribution is 7.80. The zero-order valence-corrected chi connectivity index (χ0v) is 11.7. The molecule has 0 heterocycles. The van der Waals surface area contributed by atoms with E-state index < -0.39 is 0 Å². The van der Waals surface area contributed by atoms with Gasteiger partial charge in [-0.05, 0) is 24.3 Å². The Balaban J connectivity index is 2.08. The summed E-state index contributed by atoms with van der Waals surface area (Å²) >= 11 is 3.96. The van der Waals surface area contributed by atoms with Crippen molar-refractivity contribution in [2.75, 3.05) is 5.75 Å². The Labute approximate surface area is 123 Å². The van der Waals surface area contributed by atoms with Crippen LogP contribution in [0.5, 0.6) is 5.75 Å². The van der Waals surface area contributed by atoms with Crippen molar-refractivity contribution in [1.29, 1.82) is 0 Å². The van der Waals surface area contributed by atoms with Gasteiger partial charge in [-0.2, -0.15) is 12.6 Å². The van der Waals surface area contributed by atoms with Crippen LogP contribution in [0.25, 0.3) is 0 Å². The van der Waals surface area contributed by atoms with Gasteiger partial charge in [0.05, 0.1) is 6.42 Å². The largest absolute Gasteiger partial charge is 0.427 e. The van der Waals surface area contributed by atoms with Crippen molar-refractivity contribution in [3.63, 3.8) is 0 Å². The van der Waals surface area contributed by atoms with E-state index in [0.717, 1.165) is 0 Å². The van der Waals surface area contributed by atoms with Crippen LogP contribution in [0.3, 0.4) is 0 Å². The molecule has 0 N–H and O–H groups in total. The summed E-state index contributed by atoms with van der Waals surface area (Å²) < 4.78 is 5.10. The maximum atomic E-state index is 12.2. The second-order valence-corrected chi connectivity index (χ2v) is 4.61. The highest BCUT2D eigenvalue weighted by Gasteiger charge is 2.09. The molecule has 0 amide bonds. The van der Waals surface area contributed by atoms with Gasteiger partial charge < -0.3 is 4.74 Å². The molecule has 0 radical (unpaired) electrons. The lowest BCUT2D eigenvalue weighted by Gasteiger charge is -2.05. The van der Waals surface area contributed by atoms with E-state index in [9.17, 15) is 9.59 Å². The number of benzene rings is 2. The standard InChI is InChI=1S/C16H14O3S/c17-15(10-11-20)19-14-8-6-13(7-9-14)16(18)12-4-2-1-3-5-12/h1-9,20H,10-11H2. The lowest BCUT2D eigenvalue weighted by molar-refractivity contribution is -0.133. The molecular formula is C16H14O3S. The van der Waals surface area contributed by atoms with Crippen LogP contribution in [0, 0.1) is 0 Å². The molecule has 20 heavy (non-hydrogen) atoms. The molecule has 0 aliphatic heterocycles. The zero-order valence-electron chi connectivity index (χ0n) is 10.8. The van der Waals surface area contributed by atoms with E-state index in [1.54, 1.807) is 36.4 Å². The van der Waals surface area contributed by atoms with E-state index in [4.69, 9.17) is 4.74 Å². The van der Waals surface area contributed by atoms with Gasteiger partial charge in [0.25, 0.3) is 0 Å². The van der Waals surface area contributed by atoms with Crippen LogP contribution in [-0.2, 0) is 4.79 Å². The van der Waals surface area contributed by atoms with Crippen molar-refractivity contribution < 1.29 is 14.3 Å². The van der Waals surface area contributed by atoms with Gasteiger partial charge in [0.2, 0.25) is 0 Å². The molecule has 0 fully saturated rings. The molecule has 102 valence electrons. The van der Waals surface area contributed by atoms with Crippen LogP contribution < -0.4 is 4.74 Å². The lowest BCUT2D eigenvalue weighted by Crippen LogP contribution is -2.08. The van der Waals surface area contributed by atoms with Gasteiger partial charge in [-0.15, -0.1) is 0 Å². The minimum atomic E-state index is -0.331. The van der Waals surface area contributed by atoms with Crippen molar-refractivity contribution in [2.24, 2.45) is 0 Å². The minimum Gasteiger partial charge on any atom is -0.427 e. The van der Waals surface area contributed by atoms with Gasteiger partial charge in [-0.25, -0.2) is 0 Å². The zero-order chi connectivity index (χ0) is 14.4. The van der Waals surface area contributed by atoms with E-state index in [1.165, 1.54) is 0 Å². The summed E-state index contributed by atoms with van der Waals surface area (Å²) in [5.74, 6) is 0.492. The molecule has 0 unspecified atom stereocenters. The number of thiol groups is 1. The molecule has 0 atom stereocenters. The quantitative estimate of drug-likeness (QED) is 0.397. The highest BCUT2D eigenvalue weighted by Crippen LogP contribution is 2.16. The molecule has 0 saturated heterocycles. The first-order valence-corrected chi connectivity index (χ1v) is 6.85. The Bertz CT molecular complexity index is 591. The van der Waals surface area contributed by atoms with Crippen LogP contribution in [0.4, 0.5) is 0 Å². The average Bonchev–Trinajstić information content (AvgIpc) is 2.48. The molecule has 2 aromatic rings. The summed E-state index contributed by atoms with van der Waals surface area (Å²) in [7, 11) is 0. The fourth-order valence-corrected chi connectivity index (χ4v) is 1.89. The second-order valence-electron chi connectivity index (χ2n) is 4.17. The molecule has 0 bridgehead atoms. The molecule has 4 heteroatoms. The Morgan fingerprint density at radius 1 is 0.900 bits per heavy atom. The molecule has 2 rings (SSSR count). The summed E-state index contributed by atoms with van der Waals surface area (Å²) in [6.45, 7) is 0. The Morgan fingerprint density at radius 2 is 1.50 bits per heavy atom. The van der Waals surface area contributed by atoms with Crippen molar-refractivity contribution in [1.82, 2.24) is 0 Å². The number of esters is 1. The van der Waals surface area contributed by atoms with E-state index in [1.807, 2.05) is 18.2 Å². The van der Waals surface area contributed by atoms with Crippen molar-refractivity contribution >= 4 is 24.4 Å². The Kier molecular flexibility index (Phi) is 4.96. The van der Waals surface area contributed by atoms with Gasteiger partial charge in [0.1, 0.15) is 5.75 Å². The lowest BCUT2D eigenvalue weighted by atomic mass is 10.0. The predicted molar refractivity (Wildman–Crippen MR) is 80.4 cm³/mol. The van der Waals surface area contributed by atoms with Crippen molar-refractivity contribution in [2.45, 2.75) is 6.42 Å². The predicted octanol–water partition coefficient (Wildman–Crippen LogP) is 3.14. The molecule has 2 aromatic carbocycles. The van der Waals surface area contributed by atoms with Gasteiger partial charge in [-0.1, -0.05) is 30.3 Å². The summed E-state index contributed by atoms with van der Waals surface area (Å²) in [4.78, 5) is 23.5. The van der Waals surface area contributed by atoms with Crippen LogP contribution in [0.1, 0.15) is 22.3 Å². The van der Waals surface area contributed by atoms with E-state index in [2.05, 4.69) is 12.6 Å². The minimum absolute atomic E-state index is 0.0566. The molecule has 0 aliphatic rings. The second kappa shape index (κ2) is 6.91.